The molecule has 0 aliphatic carbocycles. The van der Waals surface area contributed by atoms with Crippen LogP contribution in [0.5, 0.6) is 5.75 Å². The van der Waals surface area contributed by atoms with Gasteiger partial charge in [-0.3, -0.25) is 5.43 Å². The van der Waals surface area contributed by atoms with Gasteiger partial charge >= 0.3 is 0 Å². The number of hydrazine groups is 1. The van der Waals surface area contributed by atoms with E-state index in [0.717, 1.165) is 36.3 Å². The van der Waals surface area contributed by atoms with Gasteiger partial charge in [-0.15, -0.1) is 0 Å². The van der Waals surface area contributed by atoms with Crippen molar-refractivity contribution in [2.75, 3.05) is 13.7 Å². The van der Waals surface area contributed by atoms with Crippen LogP contribution in [0.15, 0.2) is 65.8 Å². The van der Waals surface area contributed by atoms with Crippen molar-refractivity contribution < 1.29 is 13.5 Å². The van der Waals surface area contributed by atoms with Crippen LogP contribution in [0.25, 0.3) is 11.8 Å². The largest absolute Gasteiger partial charge is 0.495 e. The number of aryl methyl sites for hydroxylation is 1. The van der Waals surface area contributed by atoms with E-state index in [0.29, 0.717) is 11.3 Å². The molecule has 2 unspecified atom stereocenters. The number of hydrogen-bond donors (Lipinski definition) is 1. The maximum Gasteiger partial charge on any atom is 0.174 e. The minimum absolute atomic E-state index is 0.0789. The Kier molecular flexibility index (Phi) is 5.68. The molecule has 5 rings (SSSR count). The molecule has 2 aliphatic heterocycles. The molecule has 1 aromatic heterocycles. The molecular formula is C25H25F2N5O. The molecule has 0 spiro atoms. The fourth-order valence-corrected chi connectivity index (χ4v) is 4.49. The second-order valence-electron chi connectivity index (χ2n) is 8.34. The molecule has 33 heavy (non-hydrogen) atoms. The Bertz CT molecular complexity index is 1220. The minimum Gasteiger partial charge on any atom is -0.495 e. The number of halogens is 2. The Hall–Kier alpha value is -3.52. The van der Waals surface area contributed by atoms with Gasteiger partial charge in [-0.2, -0.15) is 5.01 Å². The third kappa shape index (κ3) is 4.26. The van der Waals surface area contributed by atoms with Gasteiger partial charge in [-0.25, -0.2) is 18.8 Å². The number of aromatic nitrogens is 2. The van der Waals surface area contributed by atoms with E-state index in [1.165, 1.54) is 18.2 Å². The van der Waals surface area contributed by atoms with Crippen LogP contribution in [0.2, 0.25) is 0 Å². The number of nitrogens with one attached hydrogen (secondary N) is 1. The third-order valence-corrected chi connectivity index (χ3v) is 6.12. The lowest BCUT2D eigenvalue weighted by molar-refractivity contribution is 0.123. The predicted molar refractivity (Wildman–Crippen MR) is 123 cm³/mol. The zero-order chi connectivity index (χ0) is 22.9. The first-order chi connectivity index (χ1) is 16.0. The second kappa shape index (κ2) is 8.78. The number of methoxy groups -OCH3 is 1. The summed E-state index contributed by atoms with van der Waals surface area (Å²) in [5.74, 6) is 0.191. The van der Waals surface area contributed by atoms with E-state index in [9.17, 15) is 4.39 Å². The Morgan fingerprint density at radius 1 is 1.21 bits per heavy atom. The molecule has 6 nitrogen and oxygen atoms in total. The Morgan fingerprint density at radius 2 is 2.03 bits per heavy atom. The van der Waals surface area contributed by atoms with Crippen LogP contribution >= 0.6 is 0 Å². The van der Waals surface area contributed by atoms with Crippen molar-refractivity contribution in [3.63, 3.8) is 0 Å². The van der Waals surface area contributed by atoms with Gasteiger partial charge in [0.05, 0.1) is 24.8 Å². The maximum atomic E-state index is 15.2. The number of benzene rings is 2. The normalized spacial score (nSPS) is 20.8. The molecule has 0 bridgehead atoms. The van der Waals surface area contributed by atoms with Crippen molar-refractivity contribution in [3.05, 3.63) is 83.5 Å². The van der Waals surface area contributed by atoms with E-state index >= 15 is 4.39 Å². The van der Waals surface area contributed by atoms with E-state index in [1.807, 2.05) is 34.8 Å². The molecule has 2 atom stereocenters. The van der Waals surface area contributed by atoms with Gasteiger partial charge in [0.15, 0.2) is 11.7 Å². The van der Waals surface area contributed by atoms with Gasteiger partial charge in [-0.05, 0) is 61.2 Å². The molecule has 170 valence electrons. The third-order valence-electron chi connectivity index (χ3n) is 6.12. The van der Waals surface area contributed by atoms with Crippen molar-refractivity contribution in [3.8, 4) is 11.4 Å². The molecule has 0 saturated carbocycles. The van der Waals surface area contributed by atoms with Gasteiger partial charge in [0.25, 0.3) is 0 Å². The number of piperidine rings is 1. The number of amidine groups is 1. The van der Waals surface area contributed by atoms with E-state index in [1.54, 1.807) is 31.6 Å². The predicted octanol–water partition coefficient (Wildman–Crippen LogP) is 4.76. The number of nitrogens with zero attached hydrogens (tertiary/aromatic N) is 4. The number of ether oxygens (including phenoxy) is 1. The SMILES string of the molecule is COc1cc(/C=C(\F)C2=NC3C(c4ccc(F)cc4)CCCN3N2)ccc1-n1cnc(C)c1. The first-order valence-corrected chi connectivity index (χ1v) is 10.9. The Morgan fingerprint density at radius 3 is 2.76 bits per heavy atom. The zero-order valence-corrected chi connectivity index (χ0v) is 18.5. The molecule has 3 heterocycles. The summed E-state index contributed by atoms with van der Waals surface area (Å²) in [5, 5.41) is 1.96. The standard InChI is InChI=1S/C25H25F2N5O/c1-16-14-31(15-28-16)22-10-5-17(13-23(22)33-2)12-21(27)24-29-25-20(4-3-11-32(25)30-24)18-6-8-19(26)9-7-18/h5-10,12-15,20,25H,3-4,11H2,1-2H3,(H,29,30)/b21-12-. The monoisotopic (exact) mass is 449 g/mol. The first kappa shape index (κ1) is 21.3. The van der Waals surface area contributed by atoms with E-state index in [4.69, 9.17) is 4.74 Å². The molecule has 1 N–H and O–H groups in total. The molecule has 1 fully saturated rings. The van der Waals surface area contributed by atoms with Crippen molar-refractivity contribution in [1.29, 1.82) is 0 Å². The molecule has 0 amide bonds. The number of imidazole rings is 1. The quantitative estimate of drug-likeness (QED) is 0.610. The lowest BCUT2D eigenvalue weighted by Gasteiger charge is -2.34. The highest BCUT2D eigenvalue weighted by atomic mass is 19.1. The molecule has 2 aromatic carbocycles. The molecule has 8 heteroatoms. The van der Waals surface area contributed by atoms with Crippen LogP contribution in [0, 0.1) is 12.7 Å². The fourth-order valence-electron chi connectivity index (χ4n) is 4.49. The Labute approximate surface area is 191 Å². The van der Waals surface area contributed by atoms with Crippen LogP contribution in [0.3, 0.4) is 0 Å². The zero-order valence-electron chi connectivity index (χ0n) is 18.5. The van der Waals surface area contributed by atoms with E-state index in [-0.39, 0.29) is 23.7 Å². The summed E-state index contributed by atoms with van der Waals surface area (Å²) in [6, 6.07) is 12.0. The summed E-state index contributed by atoms with van der Waals surface area (Å²) in [6.07, 6.45) is 6.71. The number of aliphatic imine (C=N–C) groups is 1. The smallest absolute Gasteiger partial charge is 0.174 e. The van der Waals surface area contributed by atoms with E-state index < -0.39 is 5.83 Å². The lowest BCUT2D eigenvalue weighted by Crippen LogP contribution is -2.46. The molecular weight excluding hydrogens is 424 g/mol. The molecule has 0 radical (unpaired) electrons. The van der Waals surface area contributed by atoms with Gasteiger partial charge in [0, 0.05) is 18.7 Å². The summed E-state index contributed by atoms with van der Waals surface area (Å²) in [7, 11) is 1.59. The van der Waals surface area contributed by atoms with Gasteiger partial charge in [0.1, 0.15) is 17.7 Å². The van der Waals surface area contributed by atoms with Crippen LogP contribution in [-0.2, 0) is 0 Å². The van der Waals surface area contributed by atoms with Crippen molar-refractivity contribution in [2.45, 2.75) is 31.8 Å². The summed E-state index contributed by atoms with van der Waals surface area (Å²) < 4.78 is 36.0. The van der Waals surface area contributed by atoms with Crippen molar-refractivity contribution in [1.82, 2.24) is 20.0 Å². The second-order valence-corrected chi connectivity index (χ2v) is 8.34. The summed E-state index contributed by atoms with van der Waals surface area (Å²) in [4.78, 5) is 8.90. The van der Waals surface area contributed by atoms with Gasteiger partial charge in [-0.1, -0.05) is 18.2 Å². The number of fused-ring (bicyclic) bond motifs is 1. The number of rotatable bonds is 5. The highest BCUT2D eigenvalue weighted by Crippen LogP contribution is 2.35. The molecule has 2 aliphatic rings. The molecule has 1 saturated heterocycles. The van der Waals surface area contributed by atoms with Crippen LogP contribution in [0.1, 0.15) is 35.6 Å². The van der Waals surface area contributed by atoms with Crippen molar-refractivity contribution >= 4 is 11.9 Å². The summed E-state index contributed by atoms with van der Waals surface area (Å²) in [6.45, 7) is 2.69. The van der Waals surface area contributed by atoms with Crippen molar-refractivity contribution in [2.24, 2.45) is 4.99 Å². The summed E-state index contributed by atoms with van der Waals surface area (Å²) >= 11 is 0. The summed E-state index contributed by atoms with van der Waals surface area (Å²) in [5.41, 5.74) is 6.51. The topological polar surface area (TPSA) is 54.7 Å². The van der Waals surface area contributed by atoms with Crippen LogP contribution < -0.4 is 10.2 Å². The van der Waals surface area contributed by atoms with Gasteiger partial charge in [0.2, 0.25) is 0 Å². The van der Waals surface area contributed by atoms with E-state index in [2.05, 4.69) is 15.4 Å². The minimum atomic E-state index is -0.449. The average Bonchev–Trinajstić information content (AvgIpc) is 3.46. The Balaban J connectivity index is 1.40. The first-order valence-electron chi connectivity index (χ1n) is 10.9. The maximum absolute atomic E-state index is 15.2. The van der Waals surface area contributed by atoms with Gasteiger partial charge < -0.3 is 9.30 Å². The lowest BCUT2D eigenvalue weighted by atomic mass is 9.88. The average molecular weight is 450 g/mol. The van der Waals surface area contributed by atoms with Crippen LogP contribution in [-0.4, -0.2) is 40.2 Å². The fraction of sp³-hybridized carbons (Fsp3) is 0.280. The highest BCUT2D eigenvalue weighted by Gasteiger charge is 2.37. The molecule has 3 aromatic rings. The number of hydrogen-bond acceptors (Lipinski definition) is 5. The van der Waals surface area contributed by atoms with Crippen LogP contribution in [0.4, 0.5) is 8.78 Å². The highest BCUT2D eigenvalue weighted by molar-refractivity contribution is 6.00.